The lowest BCUT2D eigenvalue weighted by molar-refractivity contribution is -0.148. The average Bonchev–Trinajstić information content (AvgIpc) is 1.75. The third-order valence-corrected chi connectivity index (χ3v) is 20.7. The number of ether oxygens (including phenoxy) is 2. The highest BCUT2D eigenvalue weighted by atomic mass is 16.5. The summed E-state index contributed by atoms with van der Waals surface area (Å²) >= 11 is 0. The molecule has 3 fully saturated rings. The zero-order chi connectivity index (χ0) is 70.9. The minimum absolute atomic E-state index is 0.00379. The van der Waals surface area contributed by atoms with Gasteiger partial charge in [0.2, 0.25) is 47.3 Å². The number of anilines is 1. The Morgan fingerprint density at radius 2 is 1.40 bits per heavy atom. The van der Waals surface area contributed by atoms with E-state index in [1.54, 1.807) is 66.8 Å². The van der Waals surface area contributed by atoms with Crippen molar-refractivity contribution >= 4 is 52.9 Å². The third kappa shape index (κ3) is 23.8. The molecule has 2 saturated heterocycles. The van der Waals surface area contributed by atoms with E-state index in [0.29, 0.717) is 69.3 Å². The maximum absolute atomic E-state index is 14.5. The Morgan fingerprint density at radius 1 is 0.768 bits per heavy atom. The van der Waals surface area contributed by atoms with Crippen molar-refractivity contribution in [1.29, 1.82) is 0 Å². The van der Waals surface area contributed by atoms with Crippen LogP contribution in [0.4, 0.5) is 5.69 Å². The number of hydrogen-bond donors (Lipinski definition) is 7. The number of amides is 8. The predicted molar refractivity (Wildman–Crippen MR) is 371 cm³/mol. The van der Waals surface area contributed by atoms with E-state index in [0.717, 1.165) is 24.8 Å². The van der Waals surface area contributed by atoms with Gasteiger partial charge in [0.1, 0.15) is 18.3 Å². The largest absolute Gasteiger partial charge is 0.379 e. The van der Waals surface area contributed by atoms with E-state index < -0.39 is 78.3 Å². The summed E-state index contributed by atoms with van der Waals surface area (Å²) in [5.74, 6) is -3.44. The van der Waals surface area contributed by atoms with E-state index in [1.807, 2.05) is 66.6 Å². The van der Waals surface area contributed by atoms with Gasteiger partial charge in [-0.2, -0.15) is 0 Å². The SMILES string of the molecule is C=CCC(C)C(C)(NC(O)C1CCN(C(=O)CCC(=O)N[C@H](C(=O)NCC(=O)Nc2ccc(C[C@@H](CN=[N+]=[N-])NC(=O)C(C)[C@@H](OC)[C@@H]3CCCN3C(=O)C[C@@H](OC)C([C@@H](C)CC)N(C)C(=O)[C@@H](NC(=O)[C@H](C(C)C)N(C)C)C(C)C)cc2)C(C)C)CC1)C1CCCCCC1. The quantitative estimate of drug-likeness (QED) is 0.00833. The summed E-state index contributed by atoms with van der Waals surface area (Å²) in [4.78, 5) is 120. The Morgan fingerprint density at radius 3 is 1.95 bits per heavy atom. The Bertz CT molecular complexity index is 2670. The molecule has 0 radical (unpaired) electrons. The van der Waals surface area contributed by atoms with E-state index in [-0.39, 0.29) is 103 Å². The summed E-state index contributed by atoms with van der Waals surface area (Å²) in [5, 5.41) is 33.3. The number of hydrogen-bond acceptors (Lipinski definition) is 14. The molecule has 4 rings (SSSR count). The predicted octanol–water partition coefficient (Wildman–Crippen LogP) is 7.74. The van der Waals surface area contributed by atoms with Crippen LogP contribution in [0.2, 0.25) is 0 Å². The molecule has 95 heavy (non-hydrogen) atoms. The zero-order valence-corrected chi connectivity index (χ0v) is 60.4. The minimum atomic E-state index is -0.962. The van der Waals surface area contributed by atoms with Gasteiger partial charge in [0.25, 0.3) is 0 Å². The van der Waals surface area contributed by atoms with Crippen LogP contribution < -0.4 is 31.9 Å². The normalized spacial score (nSPS) is 19.9. The summed E-state index contributed by atoms with van der Waals surface area (Å²) in [6.07, 6.45) is 11.1. The molecule has 1 aromatic rings. The highest BCUT2D eigenvalue weighted by Gasteiger charge is 2.45. The molecule has 3 aliphatic rings. The zero-order valence-electron chi connectivity index (χ0n) is 60.4. The van der Waals surface area contributed by atoms with Crippen molar-refractivity contribution in [2.45, 2.75) is 239 Å². The third-order valence-electron chi connectivity index (χ3n) is 20.7. The van der Waals surface area contributed by atoms with Crippen molar-refractivity contribution in [3.05, 3.63) is 52.9 Å². The lowest BCUT2D eigenvalue weighted by Crippen LogP contribution is -2.59. The van der Waals surface area contributed by atoms with Crippen molar-refractivity contribution in [2.75, 3.05) is 73.4 Å². The standard InChI is InChI=1S/C71H121N13O11/c1-18-25-48(10)71(12,52-26-22-20-21-23-27-52)79-67(90)51-35-38-83(39-36-51)59(87)34-33-57(85)77-61(44(3)4)68(91)73-43-58(86)75-53-31-29-50(30-32-53)40-54(42-74-80-72)76-66(89)49(11)65(95-17)55-28-24-37-84(55)60(88)41-56(94-16)64(47(9)19-2)82(15)70(93)62(45(5)6)78-69(92)63(46(7)8)81(13)14/h18,29-32,44-49,51-52,54-56,61-65,67,79,90H,1,19-28,33-43H2,2-17H3,(H,73,91)(H,75,86)(H,76,89)(H,77,85)(H,78,92)/t47-,48?,49?,54-,55-,56+,61-,62-,63-,64?,65+,67?,71?/m0/s1. The summed E-state index contributed by atoms with van der Waals surface area (Å²) in [7, 11) is 8.43. The van der Waals surface area contributed by atoms with Gasteiger partial charge in [-0.1, -0.05) is 125 Å². The summed E-state index contributed by atoms with van der Waals surface area (Å²) < 4.78 is 12.1. The average molecular weight is 1330 g/mol. The number of rotatable bonds is 38. The van der Waals surface area contributed by atoms with Crippen LogP contribution in [0.15, 0.2) is 42.0 Å². The van der Waals surface area contributed by atoms with E-state index in [9.17, 15) is 49.0 Å². The van der Waals surface area contributed by atoms with Crippen LogP contribution in [0, 0.1) is 47.3 Å². The van der Waals surface area contributed by atoms with Gasteiger partial charge in [-0.25, -0.2) is 0 Å². The van der Waals surface area contributed by atoms with Crippen molar-refractivity contribution < 1.29 is 52.9 Å². The molecule has 24 nitrogen and oxygen atoms in total. The highest BCUT2D eigenvalue weighted by molar-refractivity contribution is 5.96. The monoisotopic (exact) mass is 1330 g/mol. The number of allylic oxidation sites excluding steroid dienone is 1. The first kappa shape index (κ1) is 81.3. The van der Waals surface area contributed by atoms with Crippen molar-refractivity contribution in [2.24, 2.45) is 52.5 Å². The molecule has 7 N–H and O–H groups in total. The first-order chi connectivity index (χ1) is 45.0. The second kappa shape index (κ2) is 39.9. The molecular formula is C71H121N13O11. The van der Waals surface area contributed by atoms with Gasteiger partial charge in [-0.3, -0.25) is 48.6 Å². The van der Waals surface area contributed by atoms with Crippen LogP contribution in [0.1, 0.15) is 178 Å². The van der Waals surface area contributed by atoms with E-state index in [4.69, 9.17) is 9.47 Å². The Hall–Kier alpha value is -6.17. The van der Waals surface area contributed by atoms with Gasteiger partial charge in [0, 0.05) is 88.4 Å². The first-order valence-electron chi connectivity index (χ1n) is 35.2. The molecule has 2 aliphatic heterocycles. The number of nitrogens with zero attached hydrogens (tertiary/aromatic N) is 7. The van der Waals surface area contributed by atoms with E-state index in [1.165, 1.54) is 39.9 Å². The Balaban J connectivity index is 1.29. The molecule has 24 heteroatoms. The van der Waals surface area contributed by atoms with Gasteiger partial charge < -0.3 is 55.9 Å². The van der Waals surface area contributed by atoms with Gasteiger partial charge >= 0.3 is 0 Å². The van der Waals surface area contributed by atoms with Crippen LogP contribution in [-0.2, 0) is 54.3 Å². The van der Waals surface area contributed by atoms with Crippen LogP contribution in [0.5, 0.6) is 0 Å². The lowest BCUT2D eigenvalue weighted by atomic mass is 9.71. The van der Waals surface area contributed by atoms with Gasteiger partial charge in [-0.15, -0.1) is 6.58 Å². The number of nitrogens with one attached hydrogen (secondary N) is 6. The molecule has 1 aromatic carbocycles. The van der Waals surface area contributed by atoms with Gasteiger partial charge in [0.15, 0.2) is 0 Å². The highest BCUT2D eigenvalue weighted by Crippen LogP contribution is 2.39. The fraction of sp³-hybridized carbons (Fsp3) is 0.775. The smallest absolute Gasteiger partial charge is 0.245 e. The lowest BCUT2D eigenvalue weighted by Gasteiger charge is -2.46. The molecular weight excluding hydrogens is 1210 g/mol. The topological polar surface area (TPSA) is 309 Å². The van der Waals surface area contributed by atoms with Crippen molar-refractivity contribution in [1.82, 2.24) is 46.2 Å². The number of aliphatic hydroxyl groups is 1. The van der Waals surface area contributed by atoms with E-state index >= 15 is 0 Å². The maximum Gasteiger partial charge on any atom is 0.245 e. The second-order valence-electron chi connectivity index (χ2n) is 28.8. The second-order valence-corrected chi connectivity index (χ2v) is 28.8. The number of azide groups is 1. The Kier molecular flexibility index (Phi) is 34.1. The number of likely N-dealkylation sites (N-methyl/N-ethyl adjacent to an activating group) is 2. The van der Waals surface area contributed by atoms with Crippen LogP contribution in [0.3, 0.4) is 0 Å². The number of piperidine rings is 1. The number of likely N-dealkylation sites (tertiary alicyclic amines) is 2. The first-order valence-corrected chi connectivity index (χ1v) is 35.2. The van der Waals surface area contributed by atoms with Crippen LogP contribution in [-0.4, -0.2) is 200 Å². The molecule has 8 amide bonds. The molecule has 13 atom stereocenters. The molecule has 1 saturated carbocycles. The number of carbonyl (C=O) groups excluding carboxylic acids is 8. The number of methoxy groups -OCH3 is 2. The fourth-order valence-corrected chi connectivity index (χ4v) is 14.6. The Labute approximate surface area is 567 Å². The van der Waals surface area contributed by atoms with Crippen LogP contribution in [0.25, 0.3) is 10.4 Å². The van der Waals surface area contributed by atoms with Crippen LogP contribution >= 0.6 is 0 Å². The fourth-order valence-electron chi connectivity index (χ4n) is 14.6. The minimum Gasteiger partial charge on any atom is -0.379 e. The summed E-state index contributed by atoms with van der Waals surface area (Å²) in [5.41, 5.74) is 10.3. The number of carbonyl (C=O) groups is 8. The molecule has 0 spiro atoms. The molecule has 0 aromatic heterocycles. The van der Waals surface area contributed by atoms with E-state index in [2.05, 4.69) is 62.4 Å². The molecule has 536 valence electrons. The van der Waals surface area contributed by atoms with Crippen molar-refractivity contribution in [3.63, 3.8) is 0 Å². The maximum atomic E-state index is 14.5. The number of aliphatic hydroxyl groups excluding tert-OH is 1. The van der Waals surface area contributed by atoms with Gasteiger partial charge in [-0.05, 0) is 131 Å². The molecule has 0 bridgehead atoms. The molecule has 1 aliphatic carbocycles. The number of benzene rings is 1. The summed E-state index contributed by atoms with van der Waals surface area (Å²) in [6, 6.07) is 3.02. The molecule has 5 unspecified atom stereocenters. The summed E-state index contributed by atoms with van der Waals surface area (Å²) in [6.45, 7) is 26.5. The van der Waals surface area contributed by atoms with Gasteiger partial charge in [0.05, 0.1) is 49.2 Å². The molecule has 2 heterocycles. The van der Waals surface area contributed by atoms with Crippen molar-refractivity contribution in [3.8, 4) is 0 Å².